The van der Waals surface area contributed by atoms with Gasteiger partial charge in [-0.3, -0.25) is 0 Å². The summed E-state index contributed by atoms with van der Waals surface area (Å²) in [4.78, 5) is 2.37. The van der Waals surface area contributed by atoms with Crippen LogP contribution < -0.4 is 24.7 Å². The van der Waals surface area contributed by atoms with Crippen molar-refractivity contribution in [2.24, 2.45) is 0 Å². The van der Waals surface area contributed by atoms with E-state index in [0.717, 1.165) is 28.7 Å². The number of nitrogens with two attached hydrogens (primary N) is 1. The molecular formula is C37H43NO5S. The van der Waals surface area contributed by atoms with Crippen LogP contribution in [-0.2, 0) is 10.6 Å². The van der Waals surface area contributed by atoms with Crippen molar-refractivity contribution in [3.8, 4) is 23.0 Å². The molecule has 0 aromatic heterocycles. The molecule has 7 heteroatoms. The Morgan fingerprint density at radius 3 is 1.80 bits per heavy atom. The third-order valence-electron chi connectivity index (χ3n) is 8.08. The maximum absolute atomic E-state index is 7.59. The molecule has 1 aliphatic rings. The first kappa shape index (κ1) is 31.4. The molecule has 1 unspecified atom stereocenters. The van der Waals surface area contributed by atoms with Gasteiger partial charge in [-0.25, -0.2) is 0 Å². The number of hydrogen-bond donors (Lipinski definition) is 1. The zero-order valence-electron chi connectivity index (χ0n) is 26.7. The van der Waals surface area contributed by atoms with Crippen LogP contribution in [0, 0.1) is 0 Å². The van der Waals surface area contributed by atoms with Gasteiger partial charge >= 0.3 is 0 Å². The lowest BCUT2D eigenvalue weighted by molar-refractivity contribution is 0.261. The average Bonchev–Trinajstić information content (AvgIpc) is 3.22. The summed E-state index contributed by atoms with van der Waals surface area (Å²) in [6.45, 7) is 6.84. The van der Waals surface area contributed by atoms with Gasteiger partial charge in [-0.05, 0) is 98.9 Å². The van der Waals surface area contributed by atoms with Crippen LogP contribution in [0.25, 0.3) is 5.57 Å². The lowest BCUT2D eigenvalue weighted by Gasteiger charge is -2.51. The summed E-state index contributed by atoms with van der Waals surface area (Å²) in [5, 5.41) is 0. The van der Waals surface area contributed by atoms with E-state index < -0.39 is 10.3 Å². The molecule has 0 radical (unpaired) electrons. The number of ether oxygens (including phenoxy) is 4. The third kappa shape index (κ3) is 5.62. The van der Waals surface area contributed by atoms with E-state index in [4.69, 9.17) is 28.9 Å². The van der Waals surface area contributed by atoms with Crippen molar-refractivity contribution in [2.45, 2.75) is 54.3 Å². The smallest absolute Gasteiger partial charge is 0.203 e. The number of nitrogen functional groups attached to an aromatic ring is 1. The Kier molecular flexibility index (Phi) is 9.18. The van der Waals surface area contributed by atoms with Crippen molar-refractivity contribution in [3.05, 3.63) is 108 Å². The Morgan fingerprint density at radius 1 is 0.705 bits per heavy atom. The first-order chi connectivity index (χ1) is 21.2. The fourth-order valence-electron chi connectivity index (χ4n) is 6.09. The number of fused-ring (bicyclic) bond motifs is 1. The second-order valence-corrected chi connectivity index (χ2v) is 15.1. The number of hydrogen-bond acceptors (Lipinski definition) is 6. The van der Waals surface area contributed by atoms with Crippen molar-refractivity contribution < 1.29 is 23.1 Å². The third-order valence-corrected chi connectivity index (χ3v) is 12.2. The molecule has 1 aliphatic carbocycles. The first-order valence-electron chi connectivity index (χ1n) is 14.8. The second kappa shape index (κ2) is 12.9. The molecule has 0 fully saturated rings. The Labute approximate surface area is 263 Å². The van der Waals surface area contributed by atoms with E-state index >= 15 is 0 Å². The van der Waals surface area contributed by atoms with Crippen LogP contribution in [0.4, 0.5) is 5.69 Å². The van der Waals surface area contributed by atoms with E-state index in [-0.39, 0.29) is 10.9 Å². The fraction of sp³-hybridized carbons (Fsp3) is 0.297. The lowest BCUT2D eigenvalue weighted by Crippen LogP contribution is -2.31. The summed E-state index contributed by atoms with van der Waals surface area (Å²) < 4.78 is 30.4. The van der Waals surface area contributed by atoms with Crippen LogP contribution in [0.2, 0.25) is 0 Å². The monoisotopic (exact) mass is 613 g/mol. The quantitative estimate of drug-likeness (QED) is 0.190. The summed E-state index contributed by atoms with van der Waals surface area (Å²) in [5.74, 6) is 2.46. The fourth-order valence-corrected chi connectivity index (χ4v) is 9.89. The van der Waals surface area contributed by atoms with E-state index in [1.807, 2.05) is 24.3 Å². The molecule has 0 saturated carbocycles. The van der Waals surface area contributed by atoms with E-state index in [0.29, 0.717) is 35.1 Å². The number of benzene rings is 4. The van der Waals surface area contributed by atoms with Crippen molar-refractivity contribution in [2.75, 3.05) is 34.2 Å². The molecule has 0 aliphatic heterocycles. The van der Waals surface area contributed by atoms with Gasteiger partial charge in [0.1, 0.15) is 5.75 Å². The number of rotatable bonds is 9. The minimum Gasteiger partial charge on any atom is -0.495 e. The number of anilines is 1. The van der Waals surface area contributed by atoms with Gasteiger partial charge < -0.3 is 28.9 Å². The highest BCUT2D eigenvalue weighted by atomic mass is 32.3. The van der Waals surface area contributed by atoms with Crippen LogP contribution in [0.15, 0.2) is 101 Å². The molecule has 1 atom stereocenters. The van der Waals surface area contributed by atoms with Crippen molar-refractivity contribution in [1.29, 1.82) is 0 Å². The average molecular weight is 614 g/mol. The molecular weight excluding hydrogens is 570 g/mol. The highest BCUT2D eigenvalue weighted by molar-refractivity contribution is 8.31. The maximum atomic E-state index is 7.59. The van der Waals surface area contributed by atoms with Crippen LogP contribution >= 0.6 is 10.3 Å². The highest BCUT2D eigenvalue weighted by Gasteiger charge is 2.43. The lowest BCUT2D eigenvalue weighted by atomic mass is 9.92. The summed E-state index contributed by atoms with van der Waals surface area (Å²) in [7, 11) is 4.56. The van der Waals surface area contributed by atoms with Crippen LogP contribution in [0.1, 0.15) is 43.9 Å². The van der Waals surface area contributed by atoms with Gasteiger partial charge in [-0.2, -0.15) is 0 Å². The van der Waals surface area contributed by atoms with Crippen molar-refractivity contribution in [3.63, 3.8) is 0 Å². The first-order valence-corrected chi connectivity index (χ1v) is 16.3. The van der Waals surface area contributed by atoms with Gasteiger partial charge in [0.2, 0.25) is 5.75 Å². The van der Waals surface area contributed by atoms with Crippen molar-refractivity contribution >= 4 is 21.6 Å². The second-order valence-electron chi connectivity index (χ2n) is 11.7. The van der Waals surface area contributed by atoms with E-state index in [9.17, 15) is 0 Å². The molecule has 4 aromatic carbocycles. The van der Waals surface area contributed by atoms with E-state index in [1.165, 1.54) is 9.79 Å². The molecule has 0 amide bonds. The Morgan fingerprint density at radius 2 is 1.30 bits per heavy atom. The molecule has 2 N–H and O–H groups in total. The molecule has 0 spiro atoms. The molecule has 5 rings (SSSR count). The molecule has 0 saturated heterocycles. The zero-order valence-corrected chi connectivity index (χ0v) is 27.5. The predicted octanol–water partition coefficient (Wildman–Crippen LogP) is 8.70. The zero-order chi connectivity index (χ0) is 31.5. The minimum absolute atomic E-state index is 0.225. The van der Waals surface area contributed by atoms with Crippen molar-refractivity contribution in [1.82, 2.24) is 0 Å². The van der Waals surface area contributed by atoms with Crippen LogP contribution in [0.5, 0.6) is 23.0 Å². The van der Waals surface area contributed by atoms with Gasteiger partial charge in [0.15, 0.2) is 11.5 Å². The molecule has 232 valence electrons. The standard InChI is InChI=1S/C37H43NO5S/c1-37(2,3)44(27-14-10-8-11-15-27,28-16-12-9-13-17-28)43-26-19-20-29-31(24-34(40-5)36(42-7)35(29)41-6)30(23-26)25-18-21-33(39-4)32(38)22-25/h8-18,21-24,26H,19-20,38H2,1-7H3. The van der Waals surface area contributed by atoms with Gasteiger partial charge in [-0.15, -0.1) is 0 Å². The molecule has 6 nitrogen and oxygen atoms in total. The molecule has 4 aromatic rings. The summed E-state index contributed by atoms with van der Waals surface area (Å²) in [6, 6.07) is 29.3. The maximum Gasteiger partial charge on any atom is 0.203 e. The van der Waals surface area contributed by atoms with Crippen LogP contribution in [-0.4, -0.2) is 39.3 Å². The van der Waals surface area contributed by atoms with E-state index in [1.54, 1.807) is 28.4 Å². The van der Waals surface area contributed by atoms with E-state index in [2.05, 4.69) is 87.5 Å². The number of methoxy groups -OCH3 is 4. The molecule has 44 heavy (non-hydrogen) atoms. The summed E-state index contributed by atoms with van der Waals surface area (Å²) in [5.41, 5.74) is 11.0. The summed E-state index contributed by atoms with van der Waals surface area (Å²) in [6.07, 6.45) is 3.45. The normalized spacial score (nSPS) is 15.4. The minimum atomic E-state index is -2.01. The summed E-state index contributed by atoms with van der Waals surface area (Å²) >= 11 is 0. The Hall–Kier alpha value is -4.07. The topological polar surface area (TPSA) is 72.2 Å². The van der Waals surface area contributed by atoms with Gasteiger partial charge in [0.05, 0.1) is 40.2 Å². The van der Waals surface area contributed by atoms with Crippen LogP contribution in [0.3, 0.4) is 0 Å². The SMILES string of the molecule is COc1ccc(C2=CC(OS(c3ccccc3)(c3ccccc3)C(C)(C)C)CCc3c2cc(OC)c(OC)c3OC)cc1N. The predicted molar refractivity (Wildman–Crippen MR) is 181 cm³/mol. The van der Waals surface area contributed by atoms with Gasteiger partial charge in [0.25, 0.3) is 0 Å². The van der Waals surface area contributed by atoms with Gasteiger partial charge in [-0.1, -0.05) is 52.8 Å². The Bertz CT molecular complexity index is 1590. The Balaban J connectivity index is 1.76. The molecule has 0 heterocycles. The largest absolute Gasteiger partial charge is 0.495 e. The highest BCUT2D eigenvalue weighted by Crippen LogP contribution is 2.72. The van der Waals surface area contributed by atoms with Gasteiger partial charge in [0, 0.05) is 20.1 Å². The molecule has 0 bridgehead atoms.